The Morgan fingerprint density at radius 3 is 2.78 bits per heavy atom. The molecule has 1 atom stereocenters. The van der Waals surface area contributed by atoms with Crippen LogP contribution in [0.2, 0.25) is 0 Å². The summed E-state index contributed by atoms with van der Waals surface area (Å²) >= 11 is 0. The van der Waals surface area contributed by atoms with Gasteiger partial charge in [0.1, 0.15) is 11.5 Å². The van der Waals surface area contributed by atoms with Gasteiger partial charge in [-0.2, -0.15) is 10.2 Å². The van der Waals surface area contributed by atoms with Gasteiger partial charge in [0.25, 0.3) is 5.91 Å². The van der Waals surface area contributed by atoms with Crippen LogP contribution in [0.15, 0.2) is 42.7 Å². The van der Waals surface area contributed by atoms with Crippen molar-refractivity contribution in [1.82, 2.24) is 29.9 Å². The Hall–Kier alpha value is -3.55. The fourth-order valence-electron chi connectivity index (χ4n) is 4.07. The Morgan fingerprint density at radius 2 is 2.09 bits per heavy atom. The first-order valence-corrected chi connectivity index (χ1v) is 10.9. The van der Waals surface area contributed by atoms with Crippen molar-refractivity contribution in [2.75, 3.05) is 0 Å². The Balaban J connectivity index is 1.55. The summed E-state index contributed by atoms with van der Waals surface area (Å²) in [7, 11) is 0. The summed E-state index contributed by atoms with van der Waals surface area (Å²) in [6.45, 7) is 6.69. The highest BCUT2D eigenvalue weighted by Gasteiger charge is 2.29. The number of hydrogen-bond acceptors (Lipinski definition) is 4. The summed E-state index contributed by atoms with van der Waals surface area (Å²) in [5.74, 6) is -0.264. The molecule has 32 heavy (non-hydrogen) atoms. The second-order valence-electron chi connectivity index (χ2n) is 8.33. The van der Waals surface area contributed by atoms with E-state index in [9.17, 15) is 9.18 Å². The van der Waals surface area contributed by atoms with Crippen molar-refractivity contribution in [1.29, 1.82) is 0 Å². The van der Waals surface area contributed by atoms with Gasteiger partial charge >= 0.3 is 0 Å². The van der Waals surface area contributed by atoms with Crippen LogP contribution < -0.4 is 5.32 Å². The Bertz CT molecular complexity index is 1320. The molecule has 1 aliphatic rings. The van der Waals surface area contributed by atoms with E-state index in [1.807, 2.05) is 37.7 Å². The second kappa shape index (κ2) is 7.85. The lowest BCUT2D eigenvalue weighted by Gasteiger charge is -2.14. The number of pyridine rings is 1. The molecule has 1 N–H and O–H groups in total. The van der Waals surface area contributed by atoms with Crippen molar-refractivity contribution >= 4 is 16.9 Å². The van der Waals surface area contributed by atoms with E-state index in [4.69, 9.17) is 4.98 Å². The van der Waals surface area contributed by atoms with Gasteiger partial charge < -0.3 is 5.32 Å². The number of carbonyl (C=O) groups is 1. The minimum Gasteiger partial charge on any atom is -0.345 e. The highest BCUT2D eigenvalue weighted by atomic mass is 19.1. The average molecular weight is 433 g/mol. The van der Waals surface area contributed by atoms with E-state index in [1.54, 1.807) is 24.4 Å². The highest BCUT2D eigenvalue weighted by molar-refractivity contribution is 6.06. The van der Waals surface area contributed by atoms with Crippen LogP contribution >= 0.6 is 0 Å². The summed E-state index contributed by atoms with van der Waals surface area (Å²) in [4.78, 5) is 18.1. The predicted molar refractivity (Wildman–Crippen MR) is 119 cm³/mol. The van der Waals surface area contributed by atoms with E-state index < -0.39 is 0 Å². The van der Waals surface area contributed by atoms with Crippen LogP contribution in [0.5, 0.6) is 0 Å². The molecule has 1 saturated carbocycles. The van der Waals surface area contributed by atoms with Gasteiger partial charge in [0, 0.05) is 29.9 Å². The van der Waals surface area contributed by atoms with Crippen LogP contribution in [0.4, 0.5) is 4.39 Å². The molecule has 8 heteroatoms. The number of nitrogens with zero attached hydrogens (tertiary/aromatic N) is 5. The van der Waals surface area contributed by atoms with Gasteiger partial charge in [0.05, 0.1) is 28.9 Å². The molecular formula is C24H25FN6O. The molecule has 1 amide bonds. The lowest BCUT2D eigenvalue weighted by Crippen LogP contribution is -2.27. The zero-order valence-electron chi connectivity index (χ0n) is 18.3. The molecule has 1 aliphatic carbocycles. The summed E-state index contributed by atoms with van der Waals surface area (Å²) in [5.41, 5.74) is 4.04. The lowest BCUT2D eigenvalue weighted by molar-refractivity contribution is 0.0941. The molecule has 0 saturated heterocycles. The normalized spacial score (nSPS) is 14.6. The van der Waals surface area contributed by atoms with Gasteiger partial charge in [-0.15, -0.1) is 0 Å². The van der Waals surface area contributed by atoms with E-state index in [1.165, 1.54) is 10.7 Å². The largest absolute Gasteiger partial charge is 0.345 e. The third kappa shape index (κ3) is 3.55. The smallest absolute Gasteiger partial charge is 0.252 e. The predicted octanol–water partition coefficient (Wildman–Crippen LogP) is 4.45. The number of para-hydroxylation sites is 1. The molecule has 0 bridgehead atoms. The Morgan fingerprint density at radius 1 is 1.31 bits per heavy atom. The van der Waals surface area contributed by atoms with Crippen molar-refractivity contribution in [3.05, 3.63) is 71.1 Å². The number of carbonyl (C=O) groups excluding carboxylic acids is 1. The summed E-state index contributed by atoms with van der Waals surface area (Å²) in [6, 6.07) is 8.08. The van der Waals surface area contributed by atoms with E-state index in [-0.39, 0.29) is 17.8 Å². The molecule has 164 valence electrons. The second-order valence-corrected chi connectivity index (χ2v) is 8.33. The first-order valence-electron chi connectivity index (χ1n) is 10.9. The van der Waals surface area contributed by atoms with Gasteiger partial charge in [0.2, 0.25) is 0 Å². The van der Waals surface area contributed by atoms with E-state index >= 15 is 0 Å². The number of aromatic nitrogens is 5. The first-order chi connectivity index (χ1) is 15.5. The van der Waals surface area contributed by atoms with Crippen LogP contribution in [0, 0.1) is 12.7 Å². The molecular weight excluding hydrogens is 407 g/mol. The number of rotatable bonds is 6. The van der Waals surface area contributed by atoms with E-state index in [2.05, 4.69) is 15.5 Å². The maximum absolute atomic E-state index is 14.5. The molecule has 4 aromatic rings. The van der Waals surface area contributed by atoms with Crippen LogP contribution in [-0.4, -0.2) is 30.5 Å². The van der Waals surface area contributed by atoms with Crippen molar-refractivity contribution in [2.45, 2.75) is 52.1 Å². The van der Waals surface area contributed by atoms with Crippen molar-refractivity contribution in [3.63, 3.8) is 0 Å². The van der Waals surface area contributed by atoms with Crippen molar-refractivity contribution in [3.8, 4) is 5.69 Å². The van der Waals surface area contributed by atoms with Gasteiger partial charge in [-0.25, -0.2) is 14.1 Å². The van der Waals surface area contributed by atoms with Gasteiger partial charge in [-0.3, -0.25) is 9.48 Å². The molecule has 3 heterocycles. The molecule has 7 nitrogen and oxygen atoms in total. The number of fused-ring (bicyclic) bond motifs is 1. The molecule has 3 aromatic heterocycles. The maximum Gasteiger partial charge on any atom is 0.252 e. The zero-order valence-corrected chi connectivity index (χ0v) is 18.3. The first kappa shape index (κ1) is 20.4. The minimum atomic E-state index is -0.390. The summed E-state index contributed by atoms with van der Waals surface area (Å²) in [6.07, 6.45) is 5.64. The average Bonchev–Trinajstić information content (AvgIpc) is 3.44. The molecule has 1 unspecified atom stereocenters. The number of amides is 1. The topological polar surface area (TPSA) is 77.6 Å². The van der Waals surface area contributed by atoms with Gasteiger partial charge in [-0.05, 0) is 51.8 Å². The third-order valence-corrected chi connectivity index (χ3v) is 6.00. The summed E-state index contributed by atoms with van der Waals surface area (Å²) in [5, 5.41) is 12.6. The molecule has 5 rings (SSSR count). The van der Waals surface area contributed by atoms with E-state index in [0.29, 0.717) is 28.2 Å². The fourth-order valence-corrected chi connectivity index (χ4v) is 4.07. The van der Waals surface area contributed by atoms with Crippen LogP contribution in [0.25, 0.3) is 16.7 Å². The van der Waals surface area contributed by atoms with Gasteiger partial charge in [0.15, 0.2) is 5.65 Å². The highest BCUT2D eigenvalue weighted by Crippen LogP contribution is 2.40. The molecule has 0 spiro atoms. The fraction of sp³-hybridized carbons (Fsp3) is 0.333. The molecule has 1 aromatic carbocycles. The summed E-state index contributed by atoms with van der Waals surface area (Å²) < 4.78 is 17.8. The monoisotopic (exact) mass is 432 g/mol. The number of aryl methyl sites for hydroxylation is 2. The van der Waals surface area contributed by atoms with Crippen LogP contribution in [-0.2, 0) is 6.54 Å². The van der Waals surface area contributed by atoms with Crippen molar-refractivity contribution in [2.24, 2.45) is 0 Å². The zero-order chi connectivity index (χ0) is 22.4. The third-order valence-electron chi connectivity index (χ3n) is 6.00. The molecule has 0 aliphatic heterocycles. The minimum absolute atomic E-state index is 0.205. The molecule has 0 radical (unpaired) electrons. The number of benzene rings is 1. The lowest BCUT2D eigenvalue weighted by atomic mass is 10.1. The van der Waals surface area contributed by atoms with Crippen molar-refractivity contribution < 1.29 is 9.18 Å². The van der Waals surface area contributed by atoms with Crippen LogP contribution in [0.3, 0.4) is 0 Å². The quantitative estimate of drug-likeness (QED) is 0.488. The molecule has 1 fully saturated rings. The number of halogens is 1. The number of hydrogen-bond donors (Lipinski definition) is 1. The van der Waals surface area contributed by atoms with Gasteiger partial charge in [-0.1, -0.05) is 12.1 Å². The van der Waals surface area contributed by atoms with E-state index in [0.717, 1.165) is 36.3 Å². The van der Waals surface area contributed by atoms with Crippen LogP contribution in [0.1, 0.15) is 66.0 Å². The Kier molecular flexibility index (Phi) is 5.00. The number of nitrogens with one attached hydrogen (secondary N) is 1. The SMILES string of the molecule is CCn1cc(C(C)NC(=O)c2cc(C3CC3)nc3c2cnn3-c2ccccc2F)c(C)n1. The standard InChI is InChI=1S/C24H25FN6O/c1-4-30-13-19(15(3)29-30)14(2)27-24(32)17-11-21(16-9-10-16)28-23-18(17)12-26-31(23)22-8-6-5-7-20(22)25/h5-8,11-14,16H,4,9-10H2,1-3H3,(H,27,32). The maximum atomic E-state index is 14.5. The Labute approximate surface area is 185 Å².